The van der Waals surface area contributed by atoms with Crippen molar-refractivity contribution in [3.05, 3.63) is 23.0 Å². The summed E-state index contributed by atoms with van der Waals surface area (Å²) in [6, 6.07) is 0. The van der Waals surface area contributed by atoms with Crippen molar-refractivity contribution in [1.29, 1.82) is 0 Å². The molecule has 0 saturated carbocycles. The smallest absolute Gasteiger partial charge is 0.242 e. The van der Waals surface area contributed by atoms with E-state index in [0.29, 0.717) is 6.54 Å². The minimum atomic E-state index is -0.499. The van der Waals surface area contributed by atoms with Crippen molar-refractivity contribution in [3.8, 4) is 0 Å². The molecule has 5 nitrogen and oxygen atoms in total. The normalized spacial score (nSPS) is 19.4. The summed E-state index contributed by atoms with van der Waals surface area (Å²) in [4.78, 5) is 20.8. The van der Waals surface area contributed by atoms with E-state index in [1.807, 2.05) is 40.9 Å². The van der Waals surface area contributed by atoms with Gasteiger partial charge in [0.1, 0.15) is 0 Å². The predicted molar refractivity (Wildman–Crippen MR) is 80.2 cm³/mol. The molecule has 0 spiro atoms. The van der Waals surface area contributed by atoms with Gasteiger partial charge < -0.3 is 10.6 Å². The van der Waals surface area contributed by atoms with Crippen molar-refractivity contribution in [1.82, 2.24) is 14.8 Å². The molecular formula is C15H24N4O. The molecule has 0 atom stereocenters. The van der Waals surface area contributed by atoms with Gasteiger partial charge in [0.05, 0.1) is 11.2 Å². The summed E-state index contributed by atoms with van der Waals surface area (Å²) in [6.07, 6.45) is 1.81. The van der Waals surface area contributed by atoms with Gasteiger partial charge in [-0.2, -0.15) is 0 Å². The van der Waals surface area contributed by atoms with Gasteiger partial charge in [-0.1, -0.05) is 0 Å². The molecule has 1 aromatic rings. The van der Waals surface area contributed by atoms with Crippen molar-refractivity contribution in [2.75, 3.05) is 25.9 Å². The van der Waals surface area contributed by atoms with Crippen LogP contribution in [0.15, 0.2) is 6.20 Å². The summed E-state index contributed by atoms with van der Waals surface area (Å²) in [5.41, 5.74) is 9.35. The Morgan fingerprint density at radius 1 is 1.35 bits per heavy atom. The fourth-order valence-corrected chi connectivity index (χ4v) is 2.66. The second-order valence-electron chi connectivity index (χ2n) is 6.13. The number of amides is 1. The average molecular weight is 276 g/mol. The Morgan fingerprint density at radius 3 is 2.65 bits per heavy atom. The Morgan fingerprint density at radius 2 is 2.00 bits per heavy atom. The van der Waals surface area contributed by atoms with Crippen molar-refractivity contribution < 1.29 is 4.79 Å². The molecule has 1 aromatic heterocycles. The number of pyridine rings is 1. The fraction of sp³-hybridized carbons (Fsp3) is 0.600. The number of hydrogen-bond acceptors (Lipinski definition) is 4. The minimum absolute atomic E-state index is 0.154. The number of nitrogens with zero attached hydrogens (tertiary/aromatic N) is 3. The Kier molecular flexibility index (Phi) is 3.73. The molecule has 0 aliphatic carbocycles. The molecule has 0 radical (unpaired) electrons. The number of carbonyl (C=O) groups excluding carboxylic acids is 1. The third-order valence-corrected chi connectivity index (χ3v) is 4.38. The van der Waals surface area contributed by atoms with Crippen LogP contribution in [0, 0.1) is 13.8 Å². The molecular weight excluding hydrogens is 252 g/mol. The van der Waals surface area contributed by atoms with E-state index in [-0.39, 0.29) is 5.91 Å². The van der Waals surface area contributed by atoms with Gasteiger partial charge in [0.2, 0.25) is 5.91 Å². The lowest BCUT2D eigenvalue weighted by atomic mass is 9.97. The summed E-state index contributed by atoms with van der Waals surface area (Å²) in [7, 11) is 1.86. The van der Waals surface area contributed by atoms with Crippen molar-refractivity contribution in [2.45, 2.75) is 39.8 Å². The quantitative estimate of drug-likeness (QED) is 0.885. The second-order valence-corrected chi connectivity index (χ2v) is 6.13. The Hall–Kier alpha value is -1.62. The lowest BCUT2D eigenvalue weighted by Gasteiger charge is -2.44. The molecule has 1 amide bonds. The summed E-state index contributed by atoms with van der Waals surface area (Å²) in [6.45, 7) is 10.2. The summed E-state index contributed by atoms with van der Waals surface area (Å²) in [5.74, 6) is 0.154. The van der Waals surface area contributed by atoms with Gasteiger partial charge in [-0.05, 0) is 38.8 Å². The number of likely N-dealkylation sites (N-methyl/N-ethyl adjacent to an activating group) is 1. The third kappa shape index (κ3) is 2.38. The summed E-state index contributed by atoms with van der Waals surface area (Å²) < 4.78 is 0. The highest BCUT2D eigenvalue weighted by Crippen LogP contribution is 2.26. The monoisotopic (exact) mass is 276 g/mol. The van der Waals surface area contributed by atoms with E-state index in [1.54, 1.807) is 4.90 Å². The lowest BCUT2D eigenvalue weighted by Crippen LogP contribution is -2.61. The largest absolute Gasteiger partial charge is 0.398 e. The van der Waals surface area contributed by atoms with E-state index >= 15 is 0 Å². The fourth-order valence-electron chi connectivity index (χ4n) is 2.66. The summed E-state index contributed by atoms with van der Waals surface area (Å²) in [5, 5.41) is 0. The van der Waals surface area contributed by atoms with Crippen LogP contribution in [0.3, 0.4) is 0 Å². The number of piperazine rings is 1. The van der Waals surface area contributed by atoms with Crippen LogP contribution in [0.2, 0.25) is 0 Å². The van der Waals surface area contributed by atoms with Gasteiger partial charge in [-0.3, -0.25) is 14.7 Å². The molecule has 2 rings (SSSR count). The van der Waals surface area contributed by atoms with E-state index in [2.05, 4.69) is 9.88 Å². The number of rotatable bonds is 2. The molecule has 110 valence electrons. The number of nitrogens with two attached hydrogens (primary N) is 1. The first-order chi connectivity index (χ1) is 9.25. The molecule has 1 saturated heterocycles. The lowest BCUT2D eigenvalue weighted by molar-refractivity contribution is -0.147. The molecule has 5 heteroatoms. The van der Waals surface area contributed by atoms with E-state index in [0.717, 1.165) is 35.6 Å². The van der Waals surface area contributed by atoms with Crippen molar-refractivity contribution in [3.63, 3.8) is 0 Å². The van der Waals surface area contributed by atoms with Crippen LogP contribution in [-0.4, -0.2) is 46.4 Å². The molecule has 0 aromatic carbocycles. The number of hydrogen-bond donors (Lipinski definition) is 1. The van der Waals surface area contributed by atoms with E-state index in [1.165, 1.54) is 0 Å². The maximum Gasteiger partial charge on any atom is 0.242 e. The van der Waals surface area contributed by atoms with Gasteiger partial charge in [0.25, 0.3) is 0 Å². The predicted octanol–water partition coefficient (Wildman–Crippen LogP) is 1.33. The Bertz CT molecular complexity index is 539. The maximum absolute atomic E-state index is 12.3. The van der Waals surface area contributed by atoms with E-state index in [4.69, 9.17) is 5.73 Å². The maximum atomic E-state index is 12.3. The van der Waals surface area contributed by atoms with Crippen LogP contribution >= 0.6 is 0 Å². The Labute approximate surface area is 120 Å². The zero-order valence-electron chi connectivity index (χ0n) is 13.0. The highest BCUT2D eigenvalue weighted by molar-refractivity contribution is 5.86. The average Bonchev–Trinajstić information content (AvgIpc) is 2.40. The molecule has 1 fully saturated rings. The van der Waals surface area contributed by atoms with Crippen LogP contribution in [-0.2, 0) is 11.3 Å². The van der Waals surface area contributed by atoms with Gasteiger partial charge >= 0.3 is 0 Å². The highest BCUT2D eigenvalue weighted by atomic mass is 16.2. The number of nitrogen functional groups attached to an aromatic ring is 1. The first-order valence-electron chi connectivity index (χ1n) is 6.96. The van der Waals surface area contributed by atoms with Crippen molar-refractivity contribution >= 4 is 11.6 Å². The van der Waals surface area contributed by atoms with Crippen LogP contribution in [0.4, 0.5) is 5.69 Å². The first kappa shape index (κ1) is 14.8. The zero-order valence-corrected chi connectivity index (χ0v) is 13.0. The Balaban J connectivity index is 2.26. The molecule has 0 bridgehead atoms. The van der Waals surface area contributed by atoms with Crippen molar-refractivity contribution in [2.24, 2.45) is 0 Å². The highest BCUT2D eigenvalue weighted by Gasteiger charge is 2.40. The van der Waals surface area contributed by atoms with Gasteiger partial charge in [-0.15, -0.1) is 0 Å². The van der Waals surface area contributed by atoms with Crippen LogP contribution in [0.1, 0.15) is 30.7 Å². The molecule has 1 aliphatic heterocycles. The third-order valence-electron chi connectivity index (χ3n) is 4.38. The van der Waals surface area contributed by atoms with Gasteiger partial charge in [-0.25, -0.2) is 0 Å². The van der Waals surface area contributed by atoms with Gasteiger partial charge in [0.15, 0.2) is 0 Å². The van der Waals surface area contributed by atoms with Gasteiger partial charge in [0, 0.05) is 38.6 Å². The number of aryl methyl sites for hydroxylation is 1. The molecule has 2 N–H and O–H groups in total. The minimum Gasteiger partial charge on any atom is -0.398 e. The molecule has 20 heavy (non-hydrogen) atoms. The van der Waals surface area contributed by atoms with Crippen LogP contribution in [0.25, 0.3) is 0 Å². The second kappa shape index (κ2) is 5.05. The molecule has 2 heterocycles. The SMILES string of the molecule is Cc1cnc(CN2CCN(C)C(=O)C2(C)C)c(C)c1N. The first-order valence-corrected chi connectivity index (χ1v) is 6.96. The molecule has 0 unspecified atom stereocenters. The molecule has 1 aliphatic rings. The van der Waals surface area contributed by atoms with E-state index < -0.39 is 5.54 Å². The number of anilines is 1. The summed E-state index contributed by atoms with van der Waals surface area (Å²) >= 11 is 0. The van der Waals surface area contributed by atoms with Crippen LogP contribution in [0.5, 0.6) is 0 Å². The topological polar surface area (TPSA) is 62.5 Å². The number of aromatic nitrogens is 1. The van der Waals surface area contributed by atoms with E-state index in [9.17, 15) is 4.79 Å². The van der Waals surface area contributed by atoms with Crippen LogP contribution < -0.4 is 5.73 Å². The zero-order chi connectivity index (χ0) is 15.1. The number of carbonyl (C=O) groups is 1. The standard InChI is InChI=1S/C15H24N4O/c1-10-8-17-12(11(2)13(10)16)9-19-7-6-18(5)14(20)15(19,3)4/h8H,6-7,9H2,1-5H3,(H2,16,17).